The summed E-state index contributed by atoms with van der Waals surface area (Å²) in [5, 5.41) is 9.70. The molecule has 6 heteroatoms. The summed E-state index contributed by atoms with van der Waals surface area (Å²) in [5.41, 5.74) is 2.24. The fourth-order valence-electron chi connectivity index (χ4n) is 4.20. The zero-order valence-corrected chi connectivity index (χ0v) is 15.5. The van der Waals surface area contributed by atoms with Crippen molar-refractivity contribution in [1.82, 2.24) is 9.80 Å². The summed E-state index contributed by atoms with van der Waals surface area (Å²) < 4.78 is 24.7. The van der Waals surface area contributed by atoms with E-state index in [-0.39, 0.29) is 29.3 Å². The van der Waals surface area contributed by atoms with Crippen molar-refractivity contribution < 1.29 is 13.5 Å². The fourth-order valence-corrected chi connectivity index (χ4v) is 6.24. The van der Waals surface area contributed by atoms with Crippen LogP contribution in [0.4, 0.5) is 0 Å². The highest BCUT2D eigenvalue weighted by atomic mass is 32.2. The predicted octanol–water partition coefficient (Wildman–Crippen LogP) is 1.88. The van der Waals surface area contributed by atoms with Crippen LogP contribution in [0, 0.1) is 0 Å². The average Bonchev–Trinajstić information content (AvgIpc) is 2.94. The second-order valence-corrected chi connectivity index (χ2v) is 9.46. The molecule has 5 nitrogen and oxygen atoms in total. The molecule has 2 aliphatic rings. The van der Waals surface area contributed by atoms with Gasteiger partial charge in [0.1, 0.15) is 5.75 Å². The number of sulfone groups is 1. The van der Waals surface area contributed by atoms with Gasteiger partial charge in [0.15, 0.2) is 9.84 Å². The zero-order chi connectivity index (χ0) is 18.1. The maximum absolute atomic E-state index is 12.4. The number of aromatic hydroxyl groups is 1. The molecule has 0 aliphatic carbocycles. The summed E-state index contributed by atoms with van der Waals surface area (Å²) in [4.78, 5) is 4.59. The summed E-state index contributed by atoms with van der Waals surface area (Å²) in [6.07, 6.45) is 0. The number of phenols is 1. The van der Waals surface area contributed by atoms with Gasteiger partial charge in [-0.15, -0.1) is 0 Å². The smallest absolute Gasteiger partial charge is 0.153 e. The third kappa shape index (κ3) is 3.77. The van der Waals surface area contributed by atoms with Gasteiger partial charge in [0.25, 0.3) is 0 Å². The summed E-state index contributed by atoms with van der Waals surface area (Å²) in [6, 6.07) is 17.5. The van der Waals surface area contributed by atoms with E-state index in [2.05, 4.69) is 21.9 Å². The van der Waals surface area contributed by atoms with Gasteiger partial charge in [-0.1, -0.05) is 42.5 Å². The molecule has 0 unspecified atom stereocenters. The molecule has 2 heterocycles. The van der Waals surface area contributed by atoms with E-state index in [0.717, 1.165) is 25.2 Å². The van der Waals surface area contributed by atoms with Crippen molar-refractivity contribution in [3.8, 4) is 5.75 Å². The minimum atomic E-state index is -3.02. The highest BCUT2D eigenvalue weighted by molar-refractivity contribution is 7.91. The Morgan fingerprint density at radius 3 is 2.04 bits per heavy atom. The molecule has 0 bridgehead atoms. The van der Waals surface area contributed by atoms with Gasteiger partial charge in [0.05, 0.1) is 11.5 Å². The summed E-state index contributed by atoms with van der Waals surface area (Å²) >= 11 is 0. The molecule has 0 saturated carbocycles. The maximum atomic E-state index is 12.4. The van der Waals surface area contributed by atoms with Gasteiger partial charge in [-0.05, 0) is 23.3 Å². The molecule has 0 radical (unpaired) electrons. The fraction of sp³-hybridized carbons (Fsp3) is 0.400. The van der Waals surface area contributed by atoms with Crippen LogP contribution in [0.5, 0.6) is 5.75 Å². The SMILES string of the molecule is O=S1(=O)C[C@@H]2[C@H](C1)N(Cc1cccc(O)c1)CCN2Cc1ccccc1. The van der Waals surface area contributed by atoms with Crippen molar-refractivity contribution in [2.75, 3.05) is 24.6 Å². The molecule has 26 heavy (non-hydrogen) atoms. The molecular formula is C20H24N2O3S. The molecule has 0 aromatic heterocycles. The molecule has 2 aromatic rings. The predicted molar refractivity (Wildman–Crippen MR) is 102 cm³/mol. The van der Waals surface area contributed by atoms with Gasteiger partial charge < -0.3 is 5.11 Å². The van der Waals surface area contributed by atoms with E-state index in [4.69, 9.17) is 0 Å². The molecule has 2 aliphatic heterocycles. The Hall–Kier alpha value is -1.89. The third-order valence-corrected chi connectivity index (χ3v) is 7.13. The first-order valence-electron chi connectivity index (χ1n) is 9.00. The minimum Gasteiger partial charge on any atom is -0.508 e. The molecule has 138 valence electrons. The van der Waals surface area contributed by atoms with E-state index in [9.17, 15) is 13.5 Å². The number of benzene rings is 2. The maximum Gasteiger partial charge on any atom is 0.153 e. The van der Waals surface area contributed by atoms with Gasteiger partial charge in [0, 0.05) is 38.3 Å². The molecule has 2 saturated heterocycles. The van der Waals surface area contributed by atoms with Crippen LogP contribution in [-0.2, 0) is 22.9 Å². The number of phenolic OH excluding ortho intramolecular Hbond substituents is 1. The molecule has 4 rings (SSSR count). The number of nitrogens with zero attached hydrogens (tertiary/aromatic N) is 2. The van der Waals surface area contributed by atoms with E-state index in [1.807, 2.05) is 30.3 Å². The highest BCUT2D eigenvalue weighted by Crippen LogP contribution is 2.29. The normalized spacial score (nSPS) is 25.8. The lowest BCUT2D eigenvalue weighted by Gasteiger charge is -2.44. The Morgan fingerprint density at radius 2 is 1.42 bits per heavy atom. The molecule has 2 fully saturated rings. The first-order chi connectivity index (χ1) is 12.5. The molecule has 0 amide bonds. The number of piperazine rings is 1. The summed E-state index contributed by atoms with van der Waals surface area (Å²) in [6.45, 7) is 3.14. The molecule has 2 atom stereocenters. The number of rotatable bonds is 4. The van der Waals surface area contributed by atoms with E-state index in [1.54, 1.807) is 12.1 Å². The van der Waals surface area contributed by atoms with E-state index in [1.165, 1.54) is 5.56 Å². The van der Waals surface area contributed by atoms with Crippen LogP contribution in [0.25, 0.3) is 0 Å². The lowest BCUT2D eigenvalue weighted by molar-refractivity contribution is 0.0355. The Morgan fingerprint density at radius 1 is 0.846 bits per heavy atom. The van der Waals surface area contributed by atoms with Gasteiger partial charge in [-0.2, -0.15) is 0 Å². The van der Waals surface area contributed by atoms with Crippen molar-refractivity contribution in [3.05, 3.63) is 65.7 Å². The Bertz CT molecular complexity index is 870. The van der Waals surface area contributed by atoms with Gasteiger partial charge in [-0.3, -0.25) is 9.80 Å². The van der Waals surface area contributed by atoms with Crippen molar-refractivity contribution in [2.45, 2.75) is 25.2 Å². The van der Waals surface area contributed by atoms with Crippen LogP contribution in [0.3, 0.4) is 0 Å². The Kier molecular flexibility index (Phi) is 4.73. The first kappa shape index (κ1) is 17.5. The van der Waals surface area contributed by atoms with Crippen molar-refractivity contribution in [1.29, 1.82) is 0 Å². The lowest BCUT2D eigenvalue weighted by atomic mass is 10.0. The van der Waals surface area contributed by atoms with Crippen LogP contribution >= 0.6 is 0 Å². The van der Waals surface area contributed by atoms with Crippen LogP contribution in [0.2, 0.25) is 0 Å². The topological polar surface area (TPSA) is 60.9 Å². The molecule has 2 aromatic carbocycles. The molecule has 1 N–H and O–H groups in total. The average molecular weight is 372 g/mol. The largest absolute Gasteiger partial charge is 0.508 e. The van der Waals surface area contributed by atoms with Crippen LogP contribution in [0.15, 0.2) is 54.6 Å². The first-order valence-corrected chi connectivity index (χ1v) is 10.8. The Balaban J connectivity index is 1.54. The Labute approximate surface area is 154 Å². The van der Waals surface area contributed by atoms with Crippen molar-refractivity contribution in [3.63, 3.8) is 0 Å². The second kappa shape index (κ2) is 7.02. The monoisotopic (exact) mass is 372 g/mol. The van der Waals surface area contributed by atoms with E-state index < -0.39 is 9.84 Å². The zero-order valence-electron chi connectivity index (χ0n) is 14.7. The minimum absolute atomic E-state index is 0.0137. The molecular weight excluding hydrogens is 348 g/mol. The lowest BCUT2D eigenvalue weighted by Crippen LogP contribution is -2.58. The second-order valence-electron chi connectivity index (χ2n) is 7.31. The standard InChI is InChI=1S/C20H24N2O3S/c23-18-8-4-7-17(11-18)13-22-10-9-21(12-16-5-2-1-3-6-16)19-14-26(24,25)15-20(19)22/h1-8,11,19-20,23H,9-10,12-15H2/t19-,20+/m1/s1. The number of hydrogen-bond donors (Lipinski definition) is 1. The van der Waals surface area contributed by atoms with Gasteiger partial charge in [0.2, 0.25) is 0 Å². The van der Waals surface area contributed by atoms with E-state index >= 15 is 0 Å². The number of fused-ring (bicyclic) bond motifs is 1. The quantitative estimate of drug-likeness (QED) is 0.888. The number of hydrogen-bond acceptors (Lipinski definition) is 5. The highest BCUT2D eigenvalue weighted by Gasteiger charge is 2.46. The van der Waals surface area contributed by atoms with Crippen LogP contribution in [0.1, 0.15) is 11.1 Å². The van der Waals surface area contributed by atoms with Crippen LogP contribution < -0.4 is 0 Å². The molecule has 0 spiro atoms. The summed E-state index contributed by atoms with van der Waals surface area (Å²) in [7, 11) is -3.02. The van der Waals surface area contributed by atoms with Gasteiger partial charge in [-0.25, -0.2) is 8.42 Å². The van der Waals surface area contributed by atoms with Crippen molar-refractivity contribution >= 4 is 9.84 Å². The van der Waals surface area contributed by atoms with Gasteiger partial charge >= 0.3 is 0 Å². The summed E-state index contributed by atoms with van der Waals surface area (Å²) in [5.74, 6) is 0.712. The third-order valence-electron chi connectivity index (χ3n) is 5.43. The van der Waals surface area contributed by atoms with E-state index in [0.29, 0.717) is 6.54 Å². The van der Waals surface area contributed by atoms with Crippen LogP contribution in [-0.4, -0.2) is 60.0 Å². The van der Waals surface area contributed by atoms with Crippen molar-refractivity contribution in [2.24, 2.45) is 0 Å².